The highest BCUT2D eigenvalue weighted by molar-refractivity contribution is 5.78. The van der Waals surface area contributed by atoms with Crippen LogP contribution in [-0.2, 0) is 4.79 Å². The zero-order chi connectivity index (χ0) is 12.0. The lowest BCUT2D eigenvalue weighted by Crippen LogP contribution is -2.44. The van der Waals surface area contributed by atoms with Crippen molar-refractivity contribution in [3.63, 3.8) is 0 Å². The summed E-state index contributed by atoms with van der Waals surface area (Å²) >= 11 is 0. The maximum atomic E-state index is 11.6. The number of hydrogen-bond acceptors (Lipinski definition) is 2. The third-order valence-corrected chi connectivity index (χ3v) is 3.42. The van der Waals surface area contributed by atoms with Crippen molar-refractivity contribution in [2.75, 3.05) is 6.54 Å². The predicted molar refractivity (Wildman–Crippen MR) is 67.3 cm³/mol. The van der Waals surface area contributed by atoms with Gasteiger partial charge in [0.05, 0.1) is 6.54 Å². The van der Waals surface area contributed by atoms with Gasteiger partial charge in [-0.1, -0.05) is 33.1 Å². The minimum atomic E-state index is 0.131. The normalized spacial score (nSPS) is 19.8. The Balaban J connectivity index is 2.21. The number of hydrogen-bond donors (Lipinski definition) is 2. The van der Waals surface area contributed by atoms with Gasteiger partial charge in [-0.05, 0) is 25.7 Å². The van der Waals surface area contributed by atoms with Crippen molar-refractivity contribution < 1.29 is 4.79 Å². The zero-order valence-corrected chi connectivity index (χ0v) is 10.9. The molecular weight excluding hydrogens is 200 g/mol. The van der Waals surface area contributed by atoms with Crippen LogP contribution in [0.5, 0.6) is 0 Å². The van der Waals surface area contributed by atoms with Crippen LogP contribution in [0.1, 0.15) is 52.9 Å². The van der Waals surface area contributed by atoms with Crippen molar-refractivity contribution in [2.24, 2.45) is 5.92 Å². The predicted octanol–water partition coefficient (Wildman–Crippen LogP) is 2.07. The molecule has 0 aromatic heterocycles. The summed E-state index contributed by atoms with van der Waals surface area (Å²) in [4.78, 5) is 11.6. The van der Waals surface area contributed by atoms with Crippen molar-refractivity contribution in [2.45, 2.75) is 65.0 Å². The van der Waals surface area contributed by atoms with Gasteiger partial charge in [-0.25, -0.2) is 0 Å². The van der Waals surface area contributed by atoms with Gasteiger partial charge in [-0.15, -0.1) is 0 Å². The summed E-state index contributed by atoms with van der Waals surface area (Å²) in [6, 6.07) is 0.706. The average molecular weight is 226 g/mol. The number of carbonyl (C=O) groups excluding carboxylic acids is 1. The topological polar surface area (TPSA) is 41.1 Å². The molecule has 0 aliphatic heterocycles. The molecular formula is C13H26N2O. The first-order chi connectivity index (χ1) is 7.59. The Hall–Kier alpha value is -0.570. The van der Waals surface area contributed by atoms with Crippen LogP contribution in [0.3, 0.4) is 0 Å². The van der Waals surface area contributed by atoms with E-state index >= 15 is 0 Å². The number of carbonyl (C=O) groups is 1. The fourth-order valence-corrected chi connectivity index (χ4v) is 2.35. The van der Waals surface area contributed by atoms with E-state index in [4.69, 9.17) is 0 Å². The molecule has 0 bridgehead atoms. The summed E-state index contributed by atoms with van der Waals surface area (Å²) in [5, 5.41) is 6.25. The van der Waals surface area contributed by atoms with E-state index in [1.54, 1.807) is 0 Å². The molecule has 1 fully saturated rings. The minimum Gasteiger partial charge on any atom is -0.352 e. The second kappa shape index (κ2) is 6.89. The van der Waals surface area contributed by atoms with E-state index in [-0.39, 0.29) is 5.91 Å². The Morgan fingerprint density at radius 1 is 1.19 bits per heavy atom. The second-order valence-electron chi connectivity index (χ2n) is 5.29. The summed E-state index contributed by atoms with van der Waals surface area (Å²) in [5.41, 5.74) is 0. The van der Waals surface area contributed by atoms with Crippen LogP contribution < -0.4 is 10.6 Å². The van der Waals surface area contributed by atoms with Gasteiger partial charge in [0.2, 0.25) is 5.91 Å². The molecule has 16 heavy (non-hydrogen) atoms. The first kappa shape index (κ1) is 13.5. The maximum absolute atomic E-state index is 11.6. The molecule has 0 radical (unpaired) electrons. The van der Waals surface area contributed by atoms with E-state index in [1.165, 1.54) is 32.1 Å². The zero-order valence-electron chi connectivity index (χ0n) is 10.9. The molecule has 0 aromatic rings. The molecule has 94 valence electrons. The third kappa shape index (κ3) is 4.97. The van der Waals surface area contributed by atoms with E-state index in [9.17, 15) is 4.79 Å². The first-order valence-electron chi connectivity index (χ1n) is 6.62. The molecule has 0 unspecified atom stereocenters. The van der Waals surface area contributed by atoms with Crippen molar-refractivity contribution in [1.82, 2.24) is 10.6 Å². The molecule has 1 atom stereocenters. The monoisotopic (exact) mass is 226 g/mol. The van der Waals surface area contributed by atoms with Crippen molar-refractivity contribution >= 4 is 5.91 Å². The Morgan fingerprint density at radius 3 is 2.38 bits per heavy atom. The highest BCUT2D eigenvalue weighted by atomic mass is 16.1. The Kier molecular flexibility index (Phi) is 5.81. The van der Waals surface area contributed by atoms with Crippen LogP contribution in [-0.4, -0.2) is 24.5 Å². The van der Waals surface area contributed by atoms with Crippen molar-refractivity contribution in [1.29, 1.82) is 0 Å². The molecule has 1 rings (SSSR count). The van der Waals surface area contributed by atoms with E-state index < -0.39 is 0 Å². The van der Waals surface area contributed by atoms with Crippen LogP contribution in [0.2, 0.25) is 0 Å². The lowest BCUT2D eigenvalue weighted by Gasteiger charge is -2.28. The van der Waals surface area contributed by atoms with Crippen molar-refractivity contribution in [3.8, 4) is 0 Å². The van der Waals surface area contributed by atoms with Gasteiger partial charge in [-0.2, -0.15) is 0 Å². The van der Waals surface area contributed by atoms with E-state index in [2.05, 4.69) is 31.4 Å². The first-order valence-corrected chi connectivity index (χ1v) is 6.62. The van der Waals surface area contributed by atoms with Gasteiger partial charge < -0.3 is 10.6 Å². The molecule has 1 aliphatic rings. The average Bonchev–Trinajstić information content (AvgIpc) is 2.27. The van der Waals surface area contributed by atoms with Gasteiger partial charge in [0, 0.05) is 12.1 Å². The highest BCUT2D eigenvalue weighted by Gasteiger charge is 2.21. The smallest absolute Gasteiger partial charge is 0.234 e. The molecule has 0 aromatic carbocycles. The molecule has 0 saturated heterocycles. The quantitative estimate of drug-likeness (QED) is 0.753. The molecule has 1 aliphatic carbocycles. The number of amides is 1. The van der Waals surface area contributed by atoms with Crippen LogP contribution >= 0.6 is 0 Å². The fourth-order valence-electron chi connectivity index (χ4n) is 2.35. The van der Waals surface area contributed by atoms with Crippen LogP contribution in [0.25, 0.3) is 0 Å². The lowest BCUT2D eigenvalue weighted by atomic mass is 9.84. The van der Waals surface area contributed by atoms with E-state index in [1.807, 2.05) is 0 Å². The number of rotatable bonds is 5. The minimum absolute atomic E-state index is 0.131. The van der Waals surface area contributed by atoms with Crippen LogP contribution in [0.15, 0.2) is 0 Å². The second-order valence-corrected chi connectivity index (χ2v) is 5.29. The maximum Gasteiger partial charge on any atom is 0.234 e. The standard InChI is InChI=1S/C13H26N2O/c1-10(2)14-9-13(16)15-11(3)12-7-5-4-6-8-12/h10-12,14H,4-9H2,1-3H3,(H,15,16)/t11-/m1/s1. The molecule has 3 heteroatoms. The van der Waals surface area contributed by atoms with Gasteiger partial charge in [-0.3, -0.25) is 4.79 Å². The molecule has 1 amide bonds. The van der Waals surface area contributed by atoms with Gasteiger partial charge in [0.15, 0.2) is 0 Å². The molecule has 3 nitrogen and oxygen atoms in total. The summed E-state index contributed by atoms with van der Waals surface area (Å²) < 4.78 is 0. The van der Waals surface area contributed by atoms with Gasteiger partial charge >= 0.3 is 0 Å². The fraction of sp³-hybridized carbons (Fsp3) is 0.923. The van der Waals surface area contributed by atoms with Crippen molar-refractivity contribution in [3.05, 3.63) is 0 Å². The molecule has 0 heterocycles. The SMILES string of the molecule is CC(C)NCC(=O)N[C@H](C)C1CCCCC1. The number of nitrogens with one attached hydrogen (secondary N) is 2. The third-order valence-electron chi connectivity index (χ3n) is 3.42. The summed E-state index contributed by atoms with van der Waals surface area (Å²) in [6.45, 7) is 6.69. The Labute approximate surface area is 99.4 Å². The van der Waals surface area contributed by atoms with Gasteiger partial charge in [0.25, 0.3) is 0 Å². The largest absolute Gasteiger partial charge is 0.352 e. The van der Waals surface area contributed by atoms with Crippen LogP contribution in [0.4, 0.5) is 0 Å². The van der Waals surface area contributed by atoms with Crippen LogP contribution in [0, 0.1) is 5.92 Å². The van der Waals surface area contributed by atoms with E-state index in [0.717, 1.165) is 0 Å². The molecule has 0 spiro atoms. The Bertz CT molecular complexity index is 210. The van der Waals surface area contributed by atoms with E-state index in [0.29, 0.717) is 24.5 Å². The molecule has 2 N–H and O–H groups in total. The summed E-state index contributed by atoms with van der Waals surface area (Å²) in [7, 11) is 0. The highest BCUT2D eigenvalue weighted by Crippen LogP contribution is 2.26. The summed E-state index contributed by atoms with van der Waals surface area (Å²) in [6.07, 6.45) is 6.58. The molecule has 1 saturated carbocycles. The Morgan fingerprint density at radius 2 is 1.81 bits per heavy atom. The van der Waals surface area contributed by atoms with Gasteiger partial charge in [0.1, 0.15) is 0 Å². The summed E-state index contributed by atoms with van der Waals surface area (Å²) in [5.74, 6) is 0.823. The lowest BCUT2D eigenvalue weighted by molar-refractivity contribution is -0.121.